The first-order chi connectivity index (χ1) is 15.1. The number of benzene rings is 1. The first kappa shape index (κ1) is 20.9. The van der Waals surface area contributed by atoms with Crippen LogP contribution < -0.4 is 5.32 Å². The Morgan fingerprint density at radius 2 is 2.00 bits per heavy atom. The number of nitrogens with zero attached hydrogens (tertiary/aromatic N) is 3. The maximum absolute atomic E-state index is 11.6. The fourth-order valence-corrected chi connectivity index (χ4v) is 4.28. The molecule has 0 bridgehead atoms. The molecule has 2 atom stereocenters. The molecule has 7 nitrogen and oxygen atoms in total. The molecular formula is C23H24N4O3S. The first-order valence-electron chi connectivity index (χ1n) is 10.1. The molecule has 31 heavy (non-hydrogen) atoms. The van der Waals surface area contributed by atoms with Crippen molar-refractivity contribution in [3.05, 3.63) is 78.4 Å². The van der Waals surface area contributed by atoms with Gasteiger partial charge in [-0.15, -0.1) is 0 Å². The van der Waals surface area contributed by atoms with Gasteiger partial charge in [-0.25, -0.2) is 0 Å². The number of phenolic OH excluding ortho intramolecular Hbond substituents is 1. The molecule has 2 N–H and O–H groups in total. The van der Waals surface area contributed by atoms with Crippen LogP contribution in [0.2, 0.25) is 0 Å². The van der Waals surface area contributed by atoms with Crippen LogP contribution in [0.4, 0.5) is 0 Å². The average Bonchev–Trinajstić information content (AvgIpc) is 3.39. The van der Waals surface area contributed by atoms with Crippen molar-refractivity contribution in [2.24, 2.45) is 0 Å². The van der Waals surface area contributed by atoms with Crippen molar-refractivity contribution in [1.29, 1.82) is 0 Å². The molecule has 0 aliphatic carbocycles. The molecule has 4 rings (SSSR count). The van der Waals surface area contributed by atoms with Gasteiger partial charge in [0, 0.05) is 36.7 Å². The molecule has 0 amide bonds. The number of aromatic nitrogens is 2. The first-order valence-corrected chi connectivity index (χ1v) is 10.5. The molecule has 1 aromatic carbocycles. The topological polar surface area (TPSA) is 79.6 Å². The summed E-state index contributed by atoms with van der Waals surface area (Å²) in [6.45, 7) is 0.607. The number of aromatic hydroxyl groups is 1. The molecule has 1 aliphatic heterocycles. The number of esters is 1. The minimum Gasteiger partial charge on any atom is -0.508 e. The highest BCUT2D eigenvalue weighted by molar-refractivity contribution is 7.80. The number of pyridine rings is 1. The van der Waals surface area contributed by atoms with Gasteiger partial charge in [-0.1, -0.05) is 6.07 Å². The number of carbonyl (C=O) groups excluding carboxylic acids is 1. The number of rotatable bonds is 7. The van der Waals surface area contributed by atoms with Crippen molar-refractivity contribution in [2.75, 3.05) is 13.7 Å². The van der Waals surface area contributed by atoms with Crippen molar-refractivity contribution in [3.8, 4) is 11.4 Å². The molecule has 1 saturated heterocycles. The van der Waals surface area contributed by atoms with E-state index in [2.05, 4.69) is 25.8 Å². The molecule has 3 heterocycles. The fourth-order valence-electron chi connectivity index (χ4n) is 3.95. The molecule has 0 spiro atoms. The van der Waals surface area contributed by atoms with Gasteiger partial charge in [0.15, 0.2) is 5.11 Å². The van der Waals surface area contributed by atoms with E-state index in [0.29, 0.717) is 24.5 Å². The van der Waals surface area contributed by atoms with Crippen LogP contribution in [-0.2, 0) is 9.53 Å². The summed E-state index contributed by atoms with van der Waals surface area (Å²) in [4.78, 5) is 18.3. The maximum atomic E-state index is 11.6. The summed E-state index contributed by atoms with van der Waals surface area (Å²) >= 11 is 5.68. The van der Waals surface area contributed by atoms with Crippen LogP contribution in [-0.4, -0.2) is 44.3 Å². The lowest BCUT2D eigenvalue weighted by molar-refractivity contribution is -0.140. The molecule has 0 radical (unpaired) electrons. The Morgan fingerprint density at radius 3 is 2.71 bits per heavy atom. The Labute approximate surface area is 186 Å². The normalized spacial score (nSPS) is 18.1. The average molecular weight is 437 g/mol. The molecule has 0 saturated carbocycles. The van der Waals surface area contributed by atoms with Gasteiger partial charge in [0.1, 0.15) is 5.75 Å². The SMILES string of the molecule is COC(=O)CCCN1C(=S)N[C@@H](c2ccccn2)[C@H]1c1cccn1-c1ccc(O)cc1. The van der Waals surface area contributed by atoms with E-state index in [4.69, 9.17) is 17.0 Å². The number of phenols is 1. The number of nitrogens with one attached hydrogen (secondary N) is 1. The van der Waals surface area contributed by atoms with Gasteiger partial charge in [-0.05, 0) is 67.2 Å². The van der Waals surface area contributed by atoms with Gasteiger partial charge in [-0.2, -0.15) is 0 Å². The van der Waals surface area contributed by atoms with Crippen LogP contribution in [0.5, 0.6) is 5.75 Å². The Balaban J connectivity index is 1.70. The van der Waals surface area contributed by atoms with Crippen molar-refractivity contribution in [1.82, 2.24) is 19.8 Å². The Kier molecular flexibility index (Phi) is 6.18. The van der Waals surface area contributed by atoms with Gasteiger partial charge >= 0.3 is 5.97 Å². The van der Waals surface area contributed by atoms with Gasteiger partial charge in [-0.3, -0.25) is 9.78 Å². The maximum Gasteiger partial charge on any atom is 0.305 e. The number of hydrogen-bond acceptors (Lipinski definition) is 5. The van der Waals surface area contributed by atoms with E-state index in [9.17, 15) is 9.90 Å². The fraction of sp³-hybridized carbons (Fsp3) is 0.261. The largest absolute Gasteiger partial charge is 0.508 e. The van der Waals surface area contributed by atoms with Crippen LogP contribution in [0.15, 0.2) is 67.0 Å². The summed E-state index contributed by atoms with van der Waals surface area (Å²) in [5.41, 5.74) is 2.86. The van der Waals surface area contributed by atoms with Gasteiger partial charge < -0.3 is 24.6 Å². The van der Waals surface area contributed by atoms with E-state index in [-0.39, 0.29) is 23.8 Å². The third kappa shape index (κ3) is 4.39. The van der Waals surface area contributed by atoms with Crippen LogP contribution in [0, 0.1) is 0 Å². The van der Waals surface area contributed by atoms with Crippen LogP contribution in [0.1, 0.15) is 36.3 Å². The lowest BCUT2D eigenvalue weighted by atomic mass is 10.0. The summed E-state index contributed by atoms with van der Waals surface area (Å²) in [7, 11) is 1.40. The summed E-state index contributed by atoms with van der Waals surface area (Å²) in [6.07, 6.45) is 4.72. The molecule has 2 aromatic heterocycles. The van der Waals surface area contributed by atoms with E-state index in [1.807, 2.05) is 42.6 Å². The quantitative estimate of drug-likeness (QED) is 0.433. The summed E-state index contributed by atoms with van der Waals surface area (Å²) in [5, 5.41) is 13.7. The standard InChI is InChI=1S/C23H24N4O3S/c1-30-20(29)8-5-15-27-22(21(25-23(27)31)18-6-2-3-13-24-18)19-7-4-14-26(19)16-9-11-17(28)12-10-16/h2-4,6-7,9-14,21-22,28H,5,8,15H2,1H3,(H,25,31)/t21-,22+/m0/s1. The lowest BCUT2D eigenvalue weighted by Crippen LogP contribution is -2.31. The molecule has 0 unspecified atom stereocenters. The second kappa shape index (κ2) is 9.18. The molecule has 1 aliphatic rings. The van der Waals surface area contributed by atoms with Gasteiger partial charge in [0.2, 0.25) is 0 Å². The number of carbonyl (C=O) groups is 1. The van der Waals surface area contributed by atoms with Crippen molar-refractivity contribution in [3.63, 3.8) is 0 Å². The molecule has 160 valence electrons. The zero-order valence-electron chi connectivity index (χ0n) is 17.1. The predicted octanol–water partition coefficient (Wildman–Crippen LogP) is 3.50. The molecule has 8 heteroatoms. The van der Waals surface area contributed by atoms with E-state index < -0.39 is 0 Å². The molecular weight excluding hydrogens is 412 g/mol. The zero-order valence-corrected chi connectivity index (χ0v) is 18.0. The van der Waals surface area contributed by atoms with E-state index >= 15 is 0 Å². The van der Waals surface area contributed by atoms with Crippen LogP contribution in [0.25, 0.3) is 5.69 Å². The van der Waals surface area contributed by atoms with Gasteiger partial charge in [0.05, 0.1) is 24.9 Å². The Hall–Kier alpha value is -3.39. The second-order valence-corrected chi connectivity index (χ2v) is 7.71. The Morgan fingerprint density at radius 1 is 1.19 bits per heavy atom. The highest BCUT2D eigenvalue weighted by atomic mass is 32.1. The van der Waals surface area contributed by atoms with Crippen molar-refractivity contribution in [2.45, 2.75) is 24.9 Å². The van der Waals surface area contributed by atoms with E-state index in [1.165, 1.54) is 7.11 Å². The zero-order chi connectivity index (χ0) is 21.8. The third-order valence-corrected chi connectivity index (χ3v) is 5.77. The molecule has 1 fully saturated rings. The molecule has 3 aromatic rings. The number of methoxy groups -OCH3 is 1. The minimum absolute atomic E-state index is 0.121. The summed E-state index contributed by atoms with van der Waals surface area (Å²) in [5.74, 6) is -0.0136. The lowest BCUT2D eigenvalue weighted by Gasteiger charge is -2.29. The minimum atomic E-state index is -0.233. The predicted molar refractivity (Wildman–Crippen MR) is 121 cm³/mol. The Bertz CT molecular complexity index is 1050. The van der Waals surface area contributed by atoms with Crippen LogP contribution in [0.3, 0.4) is 0 Å². The van der Waals surface area contributed by atoms with Gasteiger partial charge in [0.25, 0.3) is 0 Å². The summed E-state index contributed by atoms with van der Waals surface area (Å²) < 4.78 is 6.86. The summed E-state index contributed by atoms with van der Waals surface area (Å²) in [6, 6.07) is 16.7. The van der Waals surface area contributed by atoms with Crippen molar-refractivity contribution >= 4 is 23.3 Å². The number of hydrogen-bond donors (Lipinski definition) is 2. The smallest absolute Gasteiger partial charge is 0.305 e. The monoisotopic (exact) mass is 436 g/mol. The highest BCUT2D eigenvalue weighted by Crippen LogP contribution is 2.39. The number of ether oxygens (including phenoxy) is 1. The van der Waals surface area contributed by atoms with Crippen molar-refractivity contribution < 1.29 is 14.6 Å². The number of thiocarbonyl (C=S) groups is 1. The van der Waals surface area contributed by atoms with Crippen LogP contribution >= 0.6 is 12.2 Å². The third-order valence-electron chi connectivity index (χ3n) is 5.42. The highest BCUT2D eigenvalue weighted by Gasteiger charge is 2.41. The van der Waals surface area contributed by atoms with E-state index in [0.717, 1.165) is 17.1 Å². The van der Waals surface area contributed by atoms with E-state index in [1.54, 1.807) is 18.3 Å². The second-order valence-electron chi connectivity index (χ2n) is 7.32.